The predicted molar refractivity (Wildman–Crippen MR) is 92.4 cm³/mol. The zero-order valence-electron chi connectivity index (χ0n) is 14.3. The van der Waals surface area contributed by atoms with Gasteiger partial charge in [0.15, 0.2) is 5.65 Å². The number of aryl methyl sites for hydroxylation is 1. The molecule has 3 rings (SSSR count). The number of rotatable bonds is 6. The standard InChI is InChI=1S/C18H28N4O/c1-14(2)21-10-4-6-15(12-21)13-22-17(8-5-11-23)20-16-7-3-9-19-18(16)22/h3,7,9,14-15,23H,4-6,8,10-13H2,1-2H3. The molecule has 2 aromatic rings. The second kappa shape index (κ2) is 7.41. The van der Waals surface area contributed by atoms with E-state index in [9.17, 15) is 0 Å². The average Bonchev–Trinajstić information content (AvgIpc) is 2.91. The number of piperidine rings is 1. The Bertz CT molecular complexity index is 637. The molecule has 126 valence electrons. The largest absolute Gasteiger partial charge is 0.396 e. The molecule has 0 amide bonds. The van der Waals surface area contributed by atoms with E-state index in [1.54, 1.807) is 0 Å². The smallest absolute Gasteiger partial charge is 0.159 e. The van der Waals surface area contributed by atoms with Crippen molar-refractivity contribution in [2.75, 3.05) is 19.7 Å². The summed E-state index contributed by atoms with van der Waals surface area (Å²) >= 11 is 0. The van der Waals surface area contributed by atoms with E-state index in [1.807, 2.05) is 18.3 Å². The van der Waals surface area contributed by atoms with Crippen LogP contribution >= 0.6 is 0 Å². The molecule has 1 fully saturated rings. The van der Waals surface area contributed by atoms with Crippen LogP contribution in [0.4, 0.5) is 0 Å². The molecule has 1 saturated heterocycles. The van der Waals surface area contributed by atoms with Crippen LogP contribution in [0.1, 0.15) is 38.9 Å². The highest BCUT2D eigenvalue weighted by atomic mass is 16.2. The molecule has 0 aromatic carbocycles. The van der Waals surface area contributed by atoms with Crippen LogP contribution < -0.4 is 0 Å². The highest BCUT2D eigenvalue weighted by Crippen LogP contribution is 2.23. The fourth-order valence-corrected chi connectivity index (χ4v) is 3.60. The first-order chi connectivity index (χ1) is 11.2. The normalized spacial score (nSPS) is 19.7. The number of aliphatic hydroxyl groups is 1. The van der Waals surface area contributed by atoms with Crippen molar-refractivity contribution in [3.63, 3.8) is 0 Å². The molecule has 1 N–H and O–H groups in total. The zero-order chi connectivity index (χ0) is 16.2. The number of imidazole rings is 1. The van der Waals surface area contributed by atoms with Gasteiger partial charge >= 0.3 is 0 Å². The van der Waals surface area contributed by atoms with E-state index >= 15 is 0 Å². The number of aliphatic hydroxyl groups excluding tert-OH is 1. The number of hydrogen-bond donors (Lipinski definition) is 1. The van der Waals surface area contributed by atoms with E-state index in [0.29, 0.717) is 12.0 Å². The summed E-state index contributed by atoms with van der Waals surface area (Å²) in [5.41, 5.74) is 1.96. The lowest BCUT2D eigenvalue weighted by Gasteiger charge is -2.35. The van der Waals surface area contributed by atoms with E-state index in [0.717, 1.165) is 42.9 Å². The number of aromatic nitrogens is 3. The van der Waals surface area contributed by atoms with Gasteiger partial charge < -0.3 is 14.6 Å². The first kappa shape index (κ1) is 16.4. The molecule has 1 aliphatic rings. The maximum Gasteiger partial charge on any atom is 0.159 e. The molecule has 5 nitrogen and oxygen atoms in total. The van der Waals surface area contributed by atoms with Crippen molar-refractivity contribution in [2.24, 2.45) is 5.92 Å². The summed E-state index contributed by atoms with van der Waals surface area (Å²) in [4.78, 5) is 11.9. The minimum atomic E-state index is 0.210. The van der Waals surface area contributed by atoms with E-state index in [2.05, 4.69) is 28.3 Å². The Morgan fingerprint density at radius 2 is 2.26 bits per heavy atom. The Morgan fingerprint density at radius 3 is 3.04 bits per heavy atom. The monoisotopic (exact) mass is 316 g/mol. The molecule has 1 aliphatic heterocycles. The summed E-state index contributed by atoms with van der Waals surface area (Å²) in [5.74, 6) is 1.72. The Kier molecular flexibility index (Phi) is 5.28. The van der Waals surface area contributed by atoms with Crippen molar-refractivity contribution in [1.82, 2.24) is 19.4 Å². The fraction of sp³-hybridized carbons (Fsp3) is 0.667. The average molecular weight is 316 g/mol. The SMILES string of the molecule is CC(C)N1CCCC(Cn2c(CCCO)nc3cccnc32)C1. The Labute approximate surface area is 138 Å². The summed E-state index contributed by atoms with van der Waals surface area (Å²) in [5, 5.41) is 9.15. The van der Waals surface area contributed by atoms with Gasteiger partial charge in [0.1, 0.15) is 11.3 Å². The number of likely N-dealkylation sites (tertiary alicyclic amines) is 1. The minimum absolute atomic E-state index is 0.210. The summed E-state index contributed by atoms with van der Waals surface area (Å²) in [6.45, 7) is 8.13. The molecule has 5 heteroatoms. The highest BCUT2D eigenvalue weighted by molar-refractivity contribution is 5.71. The maximum atomic E-state index is 9.15. The van der Waals surface area contributed by atoms with Gasteiger partial charge in [0.25, 0.3) is 0 Å². The van der Waals surface area contributed by atoms with Crippen molar-refractivity contribution in [1.29, 1.82) is 0 Å². The molecule has 0 saturated carbocycles. The molecule has 23 heavy (non-hydrogen) atoms. The molecule has 3 heterocycles. The first-order valence-electron chi connectivity index (χ1n) is 8.84. The second-order valence-electron chi connectivity index (χ2n) is 6.91. The van der Waals surface area contributed by atoms with Crippen LogP contribution in [0.25, 0.3) is 11.2 Å². The number of pyridine rings is 1. The Hall–Kier alpha value is -1.46. The van der Waals surface area contributed by atoms with E-state index in [-0.39, 0.29) is 6.61 Å². The zero-order valence-corrected chi connectivity index (χ0v) is 14.3. The summed E-state index contributed by atoms with van der Waals surface area (Å²) in [6.07, 6.45) is 5.96. The van der Waals surface area contributed by atoms with Crippen molar-refractivity contribution in [3.05, 3.63) is 24.2 Å². The van der Waals surface area contributed by atoms with Gasteiger partial charge in [-0.3, -0.25) is 0 Å². The van der Waals surface area contributed by atoms with Gasteiger partial charge in [-0.1, -0.05) is 0 Å². The van der Waals surface area contributed by atoms with E-state index in [4.69, 9.17) is 10.1 Å². The topological polar surface area (TPSA) is 54.2 Å². The molecule has 1 unspecified atom stereocenters. The van der Waals surface area contributed by atoms with E-state index in [1.165, 1.54) is 19.4 Å². The molecule has 0 bridgehead atoms. The van der Waals surface area contributed by atoms with Gasteiger partial charge in [0.2, 0.25) is 0 Å². The lowest BCUT2D eigenvalue weighted by atomic mass is 9.97. The summed E-state index contributed by atoms with van der Waals surface area (Å²) in [6, 6.07) is 4.59. The van der Waals surface area contributed by atoms with Gasteiger partial charge in [-0.05, 0) is 57.7 Å². The molecule has 0 aliphatic carbocycles. The van der Waals surface area contributed by atoms with Crippen LogP contribution in [0.2, 0.25) is 0 Å². The molecule has 1 atom stereocenters. The number of fused-ring (bicyclic) bond motifs is 1. The van der Waals surface area contributed by atoms with Gasteiger partial charge in [-0.2, -0.15) is 0 Å². The van der Waals surface area contributed by atoms with Crippen LogP contribution in [0.3, 0.4) is 0 Å². The quantitative estimate of drug-likeness (QED) is 0.889. The lowest BCUT2D eigenvalue weighted by molar-refractivity contribution is 0.131. The molecule has 0 radical (unpaired) electrons. The molecule has 0 spiro atoms. The third kappa shape index (κ3) is 3.72. The third-order valence-corrected chi connectivity index (χ3v) is 4.86. The summed E-state index contributed by atoms with van der Waals surface area (Å²) in [7, 11) is 0. The summed E-state index contributed by atoms with van der Waals surface area (Å²) < 4.78 is 2.29. The second-order valence-corrected chi connectivity index (χ2v) is 6.91. The van der Waals surface area contributed by atoms with Gasteiger partial charge in [0, 0.05) is 38.4 Å². The minimum Gasteiger partial charge on any atom is -0.396 e. The number of hydrogen-bond acceptors (Lipinski definition) is 4. The van der Waals surface area contributed by atoms with Crippen molar-refractivity contribution in [3.8, 4) is 0 Å². The predicted octanol–water partition coefficient (Wildman–Crippen LogP) is 2.48. The van der Waals surface area contributed by atoms with Gasteiger partial charge in [0.05, 0.1) is 0 Å². The molecular formula is C18H28N4O. The van der Waals surface area contributed by atoms with E-state index < -0.39 is 0 Å². The van der Waals surface area contributed by atoms with Gasteiger partial charge in [-0.15, -0.1) is 0 Å². The van der Waals surface area contributed by atoms with Gasteiger partial charge in [-0.25, -0.2) is 9.97 Å². The van der Waals surface area contributed by atoms with Crippen LogP contribution in [-0.4, -0.2) is 50.3 Å². The van der Waals surface area contributed by atoms with Crippen LogP contribution in [0, 0.1) is 5.92 Å². The molecule has 2 aromatic heterocycles. The first-order valence-corrected chi connectivity index (χ1v) is 8.84. The van der Waals surface area contributed by atoms with Crippen molar-refractivity contribution < 1.29 is 5.11 Å². The van der Waals surface area contributed by atoms with Crippen molar-refractivity contribution in [2.45, 2.75) is 52.1 Å². The maximum absolute atomic E-state index is 9.15. The van der Waals surface area contributed by atoms with Crippen LogP contribution in [0.15, 0.2) is 18.3 Å². The third-order valence-electron chi connectivity index (χ3n) is 4.86. The van der Waals surface area contributed by atoms with Crippen LogP contribution in [-0.2, 0) is 13.0 Å². The number of nitrogens with zero attached hydrogens (tertiary/aromatic N) is 4. The Morgan fingerprint density at radius 1 is 1.39 bits per heavy atom. The van der Waals surface area contributed by atoms with Crippen LogP contribution in [0.5, 0.6) is 0 Å². The highest BCUT2D eigenvalue weighted by Gasteiger charge is 2.23. The Balaban J connectivity index is 1.83. The lowest BCUT2D eigenvalue weighted by Crippen LogP contribution is -2.41. The molecular weight excluding hydrogens is 288 g/mol. The fourth-order valence-electron chi connectivity index (χ4n) is 3.60. The van der Waals surface area contributed by atoms with Crippen molar-refractivity contribution >= 4 is 11.2 Å².